The van der Waals surface area contributed by atoms with Crippen molar-refractivity contribution < 1.29 is 4.43 Å². The molecule has 0 spiro atoms. The minimum absolute atomic E-state index is 0.315. The topological polar surface area (TPSA) is 33.3 Å². The molecule has 1 aliphatic rings. The van der Waals surface area contributed by atoms with Crippen LogP contribution in [0.15, 0.2) is 0 Å². The van der Waals surface area contributed by atoms with Crippen LogP contribution in [-0.2, 0) is 4.43 Å². The van der Waals surface area contributed by atoms with Gasteiger partial charge in [-0.3, -0.25) is 0 Å². The highest BCUT2D eigenvalue weighted by atomic mass is 28.4. The summed E-state index contributed by atoms with van der Waals surface area (Å²) in [5, 5.41) is 7.18. The maximum atomic E-state index is 6.17. The van der Waals surface area contributed by atoms with Gasteiger partial charge < -0.3 is 15.1 Å². The van der Waals surface area contributed by atoms with Crippen molar-refractivity contribution in [3.05, 3.63) is 0 Å². The molecule has 0 amide bonds. The zero-order valence-electron chi connectivity index (χ0n) is 10.8. The van der Waals surface area contributed by atoms with Gasteiger partial charge >= 0.3 is 0 Å². The summed E-state index contributed by atoms with van der Waals surface area (Å²) in [6.07, 6.45) is 0. The highest BCUT2D eigenvalue weighted by molar-refractivity contribution is 6.74. The lowest BCUT2D eigenvalue weighted by Crippen LogP contribution is -2.53. The molecule has 0 aliphatic carbocycles. The first-order valence-corrected chi connectivity index (χ1v) is 8.82. The fourth-order valence-electron chi connectivity index (χ4n) is 1.36. The van der Waals surface area contributed by atoms with Crippen molar-refractivity contribution in [1.29, 1.82) is 0 Å². The van der Waals surface area contributed by atoms with Crippen LogP contribution in [-0.4, -0.2) is 40.6 Å². The fourth-order valence-corrected chi connectivity index (χ4v) is 2.41. The molecule has 0 radical (unpaired) electrons. The monoisotopic (exact) mass is 230 g/mol. The first-order valence-electron chi connectivity index (χ1n) is 5.91. The van der Waals surface area contributed by atoms with Gasteiger partial charge in [0.05, 0.1) is 6.61 Å². The van der Waals surface area contributed by atoms with Gasteiger partial charge in [0.2, 0.25) is 0 Å². The van der Waals surface area contributed by atoms with Gasteiger partial charge in [-0.05, 0) is 18.1 Å². The average Bonchev–Trinajstić information content (AvgIpc) is 2.15. The van der Waals surface area contributed by atoms with Crippen LogP contribution in [0.4, 0.5) is 0 Å². The van der Waals surface area contributed by atoms with Gasteiger partial charge in [0.1, 0.15) is 0 Å². The summed E-state index contributed by atoms with van der Waals surface area (Å²) >= 11 is 0. The lowest BCUT2D eigenvalue weighted by Gasteiger charge is -2.38. The van der Waals surface area contributed by atoms with Gasteiger partial charge in [-0.2, -0.15) is 0 Å². The molecule has 0 aromatic rings. The van der Waals surface area contributed by atoms with E-state index in [1.807, 2.05) is 0 Å². The van der Waals surface area contributed by atoms with Crippen molar-refractivity contribution in [3.8, 4) is 0 Å². The quantitative estimate of drug-likeness (QED) is 0.722. The molecule has 0 bridgehead atoms. The van der Waals surface area contributed by atoms with Crippen molar-refractivity contribution in [3.63, 3.8) is 0 Å². The molecule has 1 atom stereocenters. The summed E-state index contributed by atoms with van der Waals surface area (Å²) in [4.78, 5) is 0. The van der Waals surface area contributed by atoms with Gasteiger partial charge in [0, 0.05) is 25.7 Å². The average molecular weight is 230 g/mol. The standard InChI is InChI=1S/C11H26N2OSi/c1-11(2,3)15(4,5)14-9-10-8-12-6-7-13-10/h10,12-13H,6-9H2,1-5H3/t10-/m0/s1. The SMILES string of the molecule is CC(C)(C)[Si](C)(C)OC[C@@H]1CNCCN1. The summed E-state index contributed by atoms with van der Waals surface area (Å²) in [6.45, 7) is 15.5. The number of rotatable bonds is 3. The van der Waals surface area contributed by atoms with E-state index in [4.69, 9.17) is 4.43 Å². The van der Waals surface area contributed by atoms with Crippen molar-refractivity contribution in [2.24, 2.45) is 0 Å². The van der Waals surface area contributed by atoms with Crippen molar-refractivity contribution in [1.82, 2.24) is 10.6 Å². The van der Waals surface area contributed by atoms with E-state index in [9.17, 15) is 0 Å². The van der Waals surface area contributed by atoms with E-state index in [2.05, 4.69) is 44.5 Å². The fraction of sp³-hybridized carbons (Fsp3) is 1.00. The lowest BCUT2D eigenvalue weighted by atomic mass is 10.2. The lowest BCUT2D eigenvalue weighted by molar-refractivity contribution is 0.228. The summed E-state index contributed by atoms with van der Waals surface area (Å²) < 4.78 is 6.17. The molecule has 1 fully saturated rings. The Hall–Kier alpha value is 0.0969. The summed E-state index contributed by atoms with van der Waals surface area (Å²) in [5.41, 5.74) is 0. The predicted octanol–water partition coefficient (Wildman–Crippen LogP) is 1.57. The van der Waals surface area contributed by atoms with Crippen LogP contribution >= 0.6 is 0 Å². The first-order chi connectivity index (χ1) is 6.83. The van der Waals surface area contributed by atoms with Crippen molar-refractivity contribution in [2.75, 3.05) is 26.2 Å². The Kier molecular flexibility index (Phi) is 4.35. The van der Waals surface area contributed by atoms with E-state index in [1.165, 1.54) is 0 Å². The highest BCUT2D eigenvalue weighted by Crippen LogP contribution is 2.36. The minimum Gasteiger partial charge on any atom is -0.415 e. The molecule has 1 aliphatic heterocycles. The highest BCUT2D eigenvalue weighted by Gasteiger charge is 2.37. The molecular formula is C11H26N2OSi. The second kappa shape index (κ2) is 4.95. The van der Waals surface area contributed by atoms with Crippen LogP contribution < -0.4 is 10.6 Å². The number of hydrogen-bond acceptors (Lipinski definition) is 3. The third-order valence-corrected chi connectivity index (χ3v) is 8.08. The molecule has 90 valence electrons. The van der Waals surface area contributed by atoms with Crippen LogP contribution in [0.1, 0.15) is 20.8 Å². The summed E-state index contributed by atoms with van der Waals surface area (Å²) in [5.74, 6) is 0. The van der Waals surface area contributed by atoms with Crippen molar-refractivity contribution >= 4 is 8.32 Å². The van der Waals surface area contributed by atoms with Crippen LogP contribution in [0.5, 0.6) is 0 Å². The van der Waals surface area contributed by atoms with Crippen LogP contribution in [0.3, 0.4) is 0 Å². The van der Waals surface area contributed by atoms with Gasteiger partial charge in [-0.15, -0.1) is 0 Å². The zero-order chi connectivity index (χ0) is 11.5. The van der Waals surface area contributed by atoms with Gasteiger partial charge in [-0.25, -0.2) is 0 Å². The normalized spacial score (nSPS) is 24.2. The molecule has 2 N–H and O–H groups in total. The number of hydrogen-bond donors (Lipinski definition) is 2. The molecule has 15 heavy (non-hydrogen) atoms. The Labute approximate surface area is 95.1 Å². The Morgan fingerprint density at radius 2 is 1.93 bits per heavy atom. The van der Waals surface area contributed by atoms with Gasteiger partial charge in [0.25, 0.3) is 0 Å². The molecular weight excluding hydrogens is 204 g/mol. The summed E-state index contributed by atoms with van der Waals surface area (Å²) in [6, 6.07) is 0.493. The Bertz CT molecular complexity index is 195. The minimum atomic E-state index is -1.56. The number of nitrogens with one attached hydrogen (secondary N) is 2. The van der Waals surface area contributed by atoms with E-state index in [-0.39, 0.29) is 0 Å². The molecule has 0 unspecified atom stereocenters. The Morgan fingerprint density at radius 3 is 2.40 bits per heavy atom. The predicted molar refractivity (Wildman–Crippen MR) is 67.8 cm³/mol. The van der Waals surface area contributed by atoms with Crippen LogP contribution in [0.25, 0.3) is 0 Å². The van der Waals surface area contributed by atoms with E-state index in [0.717, 1.165) is 26.2 Å². The van der Waals surface area contributed by atoms with Gasteiger partial charge in [0.15, 0.2) is 8.32 Å². The molecule has 4 heteroatoms. The molecule has 1 rings (SSSR count). The van der Waals surface area contributed by atoms with E-state index in [1.54, 1.807) is 0 Å². The smallest absolute Gasteiger partial charge is 0.192 e. The van der Waals surface area contributed by atoms with Crippen molar-refractivity contribution in [2.45, 2.75) is 44.9 Å². The molecule has 1 saturated heterocycles. The zero-order valence-corrected chi connectivity index (χ0v) is 11.8. The maximum absolute atomic E-state index is 6.17. The third-order valence-electron chi connectivity index (χ3n) is 3.58. The largest absolute Gasteiger partial charge is 0.415 e. The van der Waals surface area contributed by atoms with E-state index < -0.39 is 8.32 Å². The summed E-state index contributed by atoms with van der Waals surface area (Å²) in [7, 11) is -1.56. The van der Waals surface area contributed by atoms with Gasteiger partial charge in [-0.1, -0.05) is 20.8 Å². The second-order valence-corrected chi connectivity index (χ2v) is 10.7. The van der Waals surface area contributed by atoms with E-state index in [0.29, 0.717) is 11.1 Å². The first kappa shape index (κ1) is 13.2. The molecule has 0 saturated carbocycles. The Balaban J connectivity index is 2.35. The van der Waals surface area contributed by atoms with Crippen LogP contribution in [0.2, 0.25) is 18.1 Å². The van der Waals surface area contributed by atoms with Crippen LogP contribution in [0, 0.1) is 0 Å². The second-order valence-electron chi connectivity index (χ2n) is 5.93. The number of piperazine rings is 1. The van der Waals surface area contributed by atoms with E-state index >= 15 is 0 Å². The third kappa shape index (κ3) is 3.87. The molecule has 3 nitrogen and oxygen atoms in total. The molecule has 0 aromatic heterocycles. The Morgan fingerprint density at radius 1 is 1.27 bits per heavy atom. The molecule has 0 aromatic carbocycles. The molecule has 1 heterocycles. The maximum Gasteiger partial charge on any atom is 0.192 e.